The van der Waals surface area contributed by atoms with Crippen molar-refractivity contribution in [1.82, 2.24) is 4.98 Å². The van der Waals surface area contributed by atoms with Gasteiger partial charge in [0.2, 0.25) is 0 Å². The number of methoxy groups -OCH3 is 3. The number of halogens is 4. The van der Waals surface area contributed by atoms with Gasteiger partial charge in [-0.05, 0) is 18.2 Å². The first-order chi connectivity index (χ1) is 20.0. The quantitative estimate of drug-likeness (QED) is 0.184. The van der Waals surface area contributed by atoms with E-state index in [9.17, 15) is 23.1 Å². The van der Waals surface area contributed by atoms with Gasteiger partial charge in [0.15, 0.2) is 17.3 Å². The van der Waals surface area contributed by atoms with Crippen molar-refractivity contribution in [3.05, 3.63) is 70.9 Å². The lowest BCUT2D eigenvalue weighted by Crippen LogP contribution is -2.31. The molecule has 42 heavy (non-hydrogen) atoms. The number of alkyl halides is 3. The number of aromatic nitrogens is 1. The molecule has 1 atom stereocenters. The number of aliphatic hydroxyl groups excluding tert-OH is 1. The van der Waals surface area contributed by atoms with Crippen LogP contribution in [0.15, 0.2) is 54.7 Å². The van der Waals surface area contributed by atoms with Crippen LogP contribution in [0.4, 0.5) is 18.9 Å². The Labute approximate surface area is 244 Å². The van der Waals surface area contributed by atoms with Crippen LogP contribution < -0.4 is 28.6 Å². The number of hydrogen-bond acceptors (Lipinski definition) is 8. The van der Waals surface area contributed by atoms with E-state index in [0.29, 0.717) is 39.0 Å². The number of rotatable bonds is 12. The minimum Gasteiger partial charge on any atom is -0.497 e. The summed E-state index contributed by atoms with van der Waals surface area (Å²) in [7, 11) is 5.78. The molecule has 1 heterocycles. The highest BCUT2D eigenvalue weighted by atomic mass is 35.5. The lowest BCUT2D eigenvalue weighted by Gasteiger charge is -2.31. The second-order valence-corrected chi connectivity index (χ2v) is 9.44. The molecule has 0 amide bonds. The highest BCUT2D eigenvalue weighted by molar-refractivity contribution is 6.30. The molecule has 0 bridgehead atoms. The molecule has 0 saturated heterocycles. The van der Waals surface area contributed by atoms with Gasteiger partial charge in [-0.2, -0.15) is 0 Å². The van der Waals surface area contributed by atoms with Crippen LogP contribution in [0.25, 0.3) is 10.9 Å². The lowest BCUT2D eigenvalue weighted by molar-refractivity contribution is -0.275. The largest absolute Gasteiger partial charge is 0.573 e. The van der Waals surface area contributed by atoms with Gasteiger partial charge in [-0.3, -0.25) is 4.79 Å². The van der Waals surface area contributed by atoms with Crippen LogP contribution in [0.5, 0.6) is 28.7 Å². The average molecular weight is 609 g/mol. The second-order valence-electron chi connectivity index (χ2n) is 9.00. The molecule has 0 aliphatic rings. The summed E-state index contributed by atoms with van der Waals surface area (Å²) >= 11 is 6.21. The summed E-state index contributed by atoms with van der Waals surface area (Å²) < 4.78 is 65.3. The van der Waals surface area contributed by atoms with Crippen LogP contribution >= 0.6 is 11.6 Å². The molecule has 1 aromatic heterocycles. The Hall–Kier alpha value is -4.29. The number of hydrogen-bond donors (Lipinski definition) is 2. The van der Waals surface area contributed by atoms with Crippen molar-refractivity contribution >= 4 is 34.0 Å². The van der Waals surface area contributed by atoms with Crippen LogP contribution in [-0.4, -0.2) is 63.8 Å². The van der Waals surface area contributed by atoms with Crippen molar-refractivity contribution in [1.29, 1.82) is 0 Å². The van der Waals surface area contributed by atoms with Gasteiger partial charge in [0, 0.05) is 64.7 Å². The van der Waals surface area contributed by atoms with Gasteiger partial charge >= 0.3 is 6.36 Å². The molecule has 1 unspecified atom stereocenters. The van der Waals surface area contributed by atoms with Gasteiger partial charge in [-0.25, -0.2) is 0 Å². The van der Waals surface area contributed by atoms with Crippen LogP contribution in [0.3, 0.4) is 0 Å². The number of ether oxygens (including phenoxy) is 5. The van der Waals surface area contributed by atoms with Crippen molar-refractivity contribution in [2.75, 3.05) is 46.5 Å². The van der Waals surface area contributed by atoms with E-state index in [2.05, 4.69) is 9.72 Å². The Morgan fingerprint density at radius 1 is 0.976 bits per heavy atom. The number of carbonyl (C=O) groups is 1. The summed E-state index contributed by atoms with van der Waals surface area (Å²) in [5, 5.41) is 9.77. The average Bonchev–Trinajstić information content (AvgIpc) is 3.37. The zero-order valence-electron chi connectivity index (χ0n) is 23.0. The second kappa shape index (κ2) is 12.7. The van der Waals surface area contributed by atoms with Crippen molar-refractivity contribution in [2.24, 2.45) is 0 Å². The van der Waals surface area contributed by atoms with Crippen LogP contribution in [0, 0.1) is 0 Å². The first kappa shape index (κ1) is 30.7. The molecular weight excluding hydrogens is 581 g/mol. The summed E-state index contributed by atoms with van der Waals surface area (Å²) in [6.07, 6.45) is -3.57. The molecule has 2 N–H and O–H groups in total. The van der Waals surface area contributed by atoms with Crippen molar-refractivity contribution in [3.8, 4) is 28.7 Å². The lowest BCUT2D eigenvalue weighted by atomic mass is 9.94. The molecular formula is C29H28ClF3N2O7. The third-order valence-corrected chi connectivity index (χ3v) is 6.69. The Morgan fingerprint density at radius 2 is 1.69 bits per heavy atom. The Bertz CT molecular complexity index is 1580. The summed E-state index contributed by atoms with van der Waals surface area (Å²) in [5.74, 6) is -0.121. The molecule has 0 saturated carbocycles. The monoisotopic (exact) mass is 608 g/mol. The van der Waals surface area contributed by atoms with Gasteiger partial charge in [0.25, 0.3) is 0 Å². The number of H-pyrrole nitrogens is 1. The Morgan fingerprint density at radius 3 is 2.33 bits per heavy atom. The number of benzene rings is 3. The van der Waals surface area contributed by atoms with E-state index in [1.807, 2.05) is 0 Å². The highest BCUT2D eigenvalue weighted by Gasteiger charge is 2.35. The van der Waals surface area contributed by atoms with E-state index < -0.39 is 23.9 Å². The normalized spacial score (nSPS) is 12.1. The van der Waals surface area contributed by atoms with E-state index in [4.69, 9.17) is 30.5 Å². The number of aliphatic hydroxyl groups is 1. The van der Waals surface area contributed by atoms with Crippen LogP contribution in [0.2, 0.25) is 5.02 Å². The molecule has 4 rings (SSSR count). The predicted octanol–water partition coefficient (Wildman–Crippen LogP) is 6.18. The standard InChI is InChI=1S/C29H28ClF3N2O7/c1-35(17-10-18(38-2)12-19(11-17)41-8-7-36)27(20-6-5-16(30)9-24(20)39-3)28(37)22-15-34-23-14-25(40-4)26(13-21(22)23)42-29(31,32)33/h5-6,9-15,27,34,36H,7-8H2,1-4H3. The number of anilines is 1. The van der Waals surface area contributed by atoms with E-state index in [0.717, 1.165) is 6.07 Å². The number of likely N-dealkylation sites (N-methyl/N-ethyl adjacent to an activating group) is 1. The number of aromatic amines is 1. The molecule has 4 aromatic rings. The number of carbonyl (C=O) groups excluding carboxylic acids is 1. The first-order valence-electron chi connectivity index (χ1n) is 12.5. The maximum absolute atomic E-state index is 14.4. The first-order valence-corrected chi connectivity index (χ1v) is 12.9. The zero-order valence-corrected chi connectivity index (χ0v) is 23.8. The van der Waals surface area contributed by atoms with Gasteiger partial charge < -0.3 is 38.7 Å². The number of Topliss-reactive ketones (excluding diaryl/α,β-unsaturated/α-hetero) is 1. The van der Waals surface area contributed by atoms with E-state index in [1.54, 1.807) is 48.3 Å². The number of ketones is 1. The number of nitrogens with zero attached hydrogens (tertiary/aromatic N) is 1. The molecule has 3 aromatic carbocycles. The topological polar surface area (TPSA) is 102 Å². The summed E-state index contributed by atoms with van der Waals surface area (Å²) in [5.41, 5.74) is 1.38. The van der Waals surface area contributed by atoms with Gasteiger partial charge in [-0.1, -0.05) is 17.7 Å². The fraction of sp³-hybridized carbons (Fsp3) is 0.276. The minimum atomic E-state index is -4.98. The third-order valence-electron chi connectivity index (χ3n) is 6.45. The van der Waals surface area contributed by atoms with Crippen LogP contribution in [-0.2, 0) is 0 Å². The van der Waals surface area contributed by atoms with Gasteiger partial charge in [0.05, 0.1) is 33.5 Å². The minimum absolute atomic E-state index is 0.0326. The fourth-order valence-corrected chi connectivity index (χ4v) is 4.72. The Kier molecular flexibility index (Phi) is 9.27. The van der Waals surface area contributed by atoms with Gasteiger partial charge in [0.1, 0.15) is 29.9 Å². The molecule has 224 valence electrons. The molecule has 0 aliphatic heterocycles. The van der Waals surface area contributed by atoms with Gasteiger partial charge in [-0.15, -0.1) is 13.2 Å². The van der Waals surface area contributed by atoms with Crippen molar-refractivity contribution < 1.29 is 46.8 Å². The van der Waals surface area contributed by atoms with E-state index in [-0.39, 0.29) is 29.9 Å². The van der Waals surface area contributed by atoms with Crippen molar-refractivity contribution in [3.63, 3.8) is 0 Å². The summed E-state index contributed by atoms with van der Waals surface area (Å²) in [4.78, 5) is 19.0. The van der Waals surface area contributed by atoms with Crippen molar-refractivity contribution in [2.45, 2.75) is 12.4 Å². The third kappa shape index (κ3) is 6.60. The molecule has 13 heteroatoms. The molecule has 9 nitrogen and oxygen atoms in total. The van der Waals surface area contributed by atoms with E-state index >= 15 is 0 Å². The smallest absolute Gasteiger partial charge is 0.497 e. The number of fused-ring (bicyclic) bond motifs is 1. The van der Waals surface area contributed by atoms with E-state index in [1.165, 1.54) is 33.6 Å². The molecule has 0 spiro atoms. The Balaban J connectivity index is 1.89. The zero-order chi connectivity index (χ0) is 30.6. The highest BCUT2D eigenvalue weighted by Crippen LogP contribution is 2.41. The maximum atomic E-state index is 14.4. The van der Waals surface area contributed by atoms with Crippen LogP contribution in [0.1, 0.15) is 22.0 Å². The molecule has 0 aliphatic carbocycles. The summed E-state index contributed by atoms with van der Waals surface area (Å²) in [6, 6.07) is 11.1. The summed E-state index contributed by atoms with van der Waals surface area (Å²) in [6.45, 7) is -0.179. The predicted molar refractivity (Wildman–Crippen MR) is 151 cm³/mol. The SMILES string of the molecule is COc1cc(OCCO)cc(N(C)C(C(=O)c2c[nH]c3cc(OC)c(OC(F)(F)F)cc23)c2ccc(Cl)cc2OC)c1. The fourth-order valence-electron chi connectivity index (χ4n) is 4.56. The maximum Gasteiger partial charge on any atom is 0.573 e. The number of nitrogens with one attached hydrogen (secondary N) is 1. The molecule has 0 radical (unpaired) electrons. The molecule has 0 fully saturated rings.